The standard InChI is InChI=1S/C24H27F3N4O4S/c1-23(2)21(32)31(18-8-10-19(11-9-18)36(34,35)24(25,26)27)22(33)30(23)15-16-12-13-28-20(14-16)29-17-6-4-3-5-7-17/h8-14,17H,3-7,15H2,1-2H3,(H,28,29). The Balaban J connectivity index is 1.54. The molecule has 8 nitrogen and oxygen atoms in total. The number of alkyl halides is 3. The lowest BCUT2D eigenvalue weighted by Crippen LogP contribution is -2.43. The number of hydrogen-bond donors (Lipinski definition) is 1. The summed E-state index contributed by atoms with van der Waals surface area (Å²) < 4.78 is 61.8. The summed E-state index contributed by atoms with van der Waals surface area (Å²) in [7, 11) is -5.54. The summed E-state index contributed by atoms with van der Waals surface area (Å²) >= 11 is 0. The molecule has 0 atom stereocenters. The van der Waals surface area contributed by atoms with E-state index >= 15 is 0 Å². The molecule has 1 saturated heterocycles. The first-order chi connectivity index (χ1) is 16.8. The van der Waals surface area contributed by atoms with E-state index in [9.17, 15) is 31.2 Å². The molecule has 36 heavy (non-hydrogen) atoms. The summed E-state index contributed by atoms with van der Waals surface area (Å²) in [6, 6.07) is 6.78. The highest BCUT2D eigenvalue weighted by Crippen LogP contribution is 2.35. The van der Waals surface area contributed by atoms with E-state index in [1.54, 1.807) is 26.1 Å². The van der Waals surface area contributed by atoms with Crippen LogP contribution in [0.15, 0.2) is 47.5 Å². The number of carbonyl (C=O) groups is 2. The normalized spacial score (nSPS) is 19.1. The number of rotatable bonds is 6. The highest BCUT2D eigenvalue weighted by molar-refractivity contribution is 7.92. The zero-order valence-corrected chi connectivity index (χ0v) is 20.7. The van der Waals surface area contributed by atoms with Gasteiger partial charge in [0.1, 0.15) is 11.4 Å². The van der Waals surface area contributed by atoms with Gasteiger partial charge in [-0.15, -0.1) is 0 Å². The molecule has 1 aliphatic carbocycles. The fourth-order valence-electron chi connectivity index (χ4n) is 4.53. The van der Waals surface area contributed by atoms with Gasteiger partial charge in [-0.3, -0.25) is 4.79 Å². The number of aromatic nitrogens is 1. The Hall–Kier alpha value is -3.15. The summed E-state index contributed by atoms with van der Waals surface area (Å²) in [5.41, 5.74) is -5.96. The number of urea groups is 1. The summed E-state index contributed by atoms with van der Waals surface area (Å²) in [5.74, 6) is 0.113. The molecule has 194 valence electrons. The number of benzene rings is 1. The SMILES string of the molecule is CC1(C)C(=O)N(c2ccc(S(=O)(=O)C(F)(F)F)cc2)C(=O)N1Cc1ccnc(NC2CCCCC2)c1. The molecule has 4 rings (SSSR count). The van der Waals surface area contributed by atoms with Crippen LogP contribution in [0.1, 0.15) is 51.5 Å². The Labute approximate surface area is 207 Å². The highest BCUT2D eigenvalue weighted by Gasteiger charge is 2.52. The molecule has 1 saturated carbocycles. The third-order valence-corrected chi connectivity index (χ3v) is 8.16. The second-order valence-corrected chi connectivity index (χ2v) is 11.5. The van der Waals surface area contributed by atoms with Crippen LogP contribution in [0.3, 0.4) is 0 Å². The molecule has 1 aliphatic heterocycles. The van der Waals surface area contributed by atoms with Crippen molar-refractivity contribution in [3.05, 3.63) is 48.2 Å². The molecule has 2 aliphatic rings. The zero-order chi connectivity index (χ0) is 26.3. The third kappa shape index (κ3) is 4.78. The van der Waals surface area contributed by atoms with Crippen molar-refractivity contribution in [2.24, 2.45) is 0 Å². The topological polar surface area (TPSA) is 99.7 Å². The van der Waals surface area contributed by atoms with Crippen LogP contribution in [-0.4, -0.2) is 47.3 Å². The van der Waals surface area contributed by atoms with Gasteiger partial charge in [-0.05, 0) is 68.7 Å². The van der Waals surface area contributed by atoms with Gasteiger partial charge in [0.25, 0.3) is 15.7 Å². The van der Waals surface area contributed by atoms with Crippen molar-refractivity contribution in [1.29, 1.82) is 0 Å². The summed E-state index contributed by atoms with van der Waals surface area (Å²) in [5, 5.41) is 3.43. The van der Waals surface area contributed by atoms with E-state index in [4.69, 9.17) is 0 Å². The molecule has 0 radical (unpaired) electrons. The van der Waals surface area contributed by atoms with Crippen LogP contribution in [0.4, 0.5) is 29.5 Å². The molecular weight excluding hydrogens is 497 g/mol. The quantitative estimate of drug-likeness (QED) is 0.542. The summed E-state index contributed by atoms with van der Waals surface area (Å²) in [6.07, 6.45) is 7.31. The van der Waals surface area contributed by atoms with Crippen LogP contribution >= 0.6 is 0 Å². The minimum absolute atomic E-state index is 0.0175. The van der Waals surface area contributed by atoms with Crippen LogP contribution in [0.2, 0.25) is 0 Å². The first kappa shape index (κ1) is 25.9. The first-order valence-electron chi connectivity index (χ1n) is 11.6. The minimum Gasteiger partial charge on any atom is -0.367 e. The maximum atomic E-state index is 13.3. The number of hydrogen-bond acceptors (Lipinski definition) is 6. The Bertz CT molecular complexity index is 1260. The Morgan fingerprint density at radius 3 is 2.31 bits per heavy atom. The van der Waals surface area contributed by atoms with Gasteiger partial charge < -0.3 is 10.2 Å². The summed E-state index contributed by atoms with van der Waals surface area (Å²) in [6.45, 7) is 3.27. The molecule has 2 aromatic rings. The Morgan fingerprint density at radius 2 is 1.69 bits per heavy atom. The van der Waals surface area contributed by atoms with Crippen LogP contribution in [-0.2, 0) is 21.2 Å². The molecule has 1 aromatic carbocycles. The maximum absolute atomic E-state index is 13.3. The van der Waals surface area contributed by atoms with Gasteiger partial charge in [0.15, 0.2) is 0 Å². The minimum atomic E-state index is -5.54. The van der Waals surface area contributed by atoms with Crippen molar-refractivity contribution in [3.63, 3.8) is 0 Å². The number of anilines is 2. The lowest BCUT2D eigenvalue weighted by molar-refractivity contribution is -0.123. The number of imide groups is 1. The van der Waals surface area contributed by atoms with E-state index in [2.05, 4.69) is 10.3 Å². The number of nitrogens with zero attached hydrogens (tertiary/aromatic N) is 3. The molecule has 0 bridgehead atoms. The molecule has 12 heteroatoms. The van der Waals surface area contributed by atoms with Gasteiger partial charge in [0.05, 0.1) is 10.6 Å². The zero-order valence-electron chi connectivity index (χ0n) is 19.9. The van der Waals surface area contributed by atoms with Crippen LogP contribution in [0.25, 0.3) is 0 Å². The molecule has 1 aromatic heterocycles. The molecule has 1 N–H and O–H groups in total. The van der Waals surface area contributed by atoms with Gasteiger partial charge in [0, 0.05) is 18.8 Å². The van der Waals surface area contributed by atoms with Gasteiger partial charge in [-0.1, -0.05) is 19.3 Å². The second kappa shape index (κ2) is 9.38. The van der Waals surface area contributed by atoms with E-state index in [0.717, 1.165) is 60.4 Å². The highest BCUT2D eigenvalue weighted by atomic mass is 32.2. The van der Waals surface area contributed by atoms with E-state index in [-0.39, 0.29) is 12.2 Å². The molecule has 0 unspecified atom stereocenters. The number of sulfone groups is 1. The Morgan fingerprint density at radius 1 is 1.06 bits per heavy atom. The second-order valence-electron chi connectivity index (χ2n) is 9.54. The molecule has 2 fully saturated rings. The predicted octanol–water partition coefficient (Wildman–Crippen LogP) is 4.87. The van der Waals surface area contributed by atoms with Gasteiger partial charge in [0.2, 0.25) is 0 Å². The predicted molar refractivity (Wildman–Crippen MR) is 127 cm³/mol. The lowest BCUT2D eigenvalue weighted by Gasteiger charge is -2.28. The average Bonchev–Trinajstić information content (AvgIpc) is 2.98. The van der Waals surface area contributed by atoms with E-state index < -0.39 is 37.7 Å². The van der Waals surface area contributed by atoms with Gasteiger partial charge in [-0.25, -0.2) is 23.1 Å². The number of pyridine rings is 1. The van der Waals surface area contributed by atoms with Crippen LogP contribution in [0.5, 0.6) is 0 Å². The van der Waals surface area contributed by atoms with Crippen molar-refractivity contribution in [2.45, 2.75) is 74.5 Å². The number of halogens is 3. The molecule has 0 spiro atoms. The fraction of sp³-hybridized carbons (Fsp3) is 0.458. The van der Waals surface area contributed by atoms with E-state index in [1.165, 1.54) is 11.3 Å². The lowest BCUT2D eigenvalue weighted by atomic mass is 9.95. The van der Waals surface area contributed by atoms with Gasteiger partial charge in [-0.2, -0.15) is 13.2 Å². The maximum Gasteiger partial charge on any atom is 0.501 e. The first-order valence-corrected chi connectivity index (χ1v) is 13.1. The molecule has 3 amide bonds. The fourth-order valence-corrected chi connectivity index (χ4v) is 5.29. The number of amides is 3. The molecule has 2 heterocycles. The van der Waals surface area contributed by atoms with Crippen molar-refractivity contribution < 1.29 is 31.2 Å². The van der Waals surface area contributed by atoms with E-state index in [0.29, 0.717) is 11.9 Å². The van der Waals surface area contributed by atoms with Crippen LogP contribution < -0.4 is 10.2 Å². The van der Waals surface area contributed by atoms with Crippen LogP contribution in [0, 0.1) is 0 Å². The smallest absolute Gasteiger partial charge is 0.367 e. The van der Waals surface area contributed by atoms with Crippen molar-refractivity contribution >= 4 is 33.3 Å². The Kier molecular flexibility index (Phi) is 6.76. The van der Waals surface area contributed by atoms with Crippen molar-refractivity contribution in [3.8, 4) is 0 Å². The van der Waals surface area contributed by atoms with Crippen molar-refractivity contribution in [2.75, 3.05) is 10.2 Å². The monoisotopic (exact) mass is 524 g/mol. The van der Waals surface area contributed by atoms with E-state index in [1.807, 2.05) is 6.07 Å². The largest absolute Gasteiger partial charge is 0.501 e. The average molecular weight is 525 g/mol. The molecular formula is C24H27F3N4O4S. The van der Waals surface area contributed by atoms with Gasteiger partial charge >= 0.3 is 11.5 Å². The number of carbonyl (C=O) groups excluding carboxylic acids is 2. The number of nitrogens with one attached hydrogen (secondary N) is 1. The summed E-state index contributed by atoms with van der Waals surface area (Å²) in [4.78, 5) is 32.1. The van der Waals surface area contributed by atoms with Crippen molar-refractivity contribution in [1.82, 2.24) is 9.88 Å². The third-order valence-electron chi connectivity index (χ3n) is 6.66.